The average Bonchev–Trinajstić information content (AvgIpc) is 3.12. The van der Waals surface area contributed by atoms with Crippen molar-refractivity contribution in [3.8, 4) is 11.9 Å². The van der Waals surface area contributed by atoms with Gasteiger partial charge in [-0.1, -0.05) is 18.2 Å². The summed E-state index contributed by atoms with van der Waals surface area (Å²) in [6, 6.07) is 12.0. The van der Waals surface area contributed by atoms with Gasteiger partial charge in [0.2, 0.25) is 16.0 Å². The number of anilines is 1. The highest BCUT2D eigenvalue weighted by Gasteiger charge is 2.28. The maximum absolute atomic E-state index is 11.8. The van der Waals surface area contributed by atoms with E-state index in [1.165, 1.54) is 10.6 Å². The van der Waals surface area contributed by atoms with E-state index in [2.05, 4.69) is 21.4 Å². The summed E-state index contributed by atoms with van der Waals surface area (Å²) in [7, 11) is -1.52. The summed E-state index contributed by atoms with van der Waals surface area (Å²) in [6.45, 7) is 0. The lowest BCUT2D eigenvalue weighted by Crippen LogP contribution is -2.41. The molecule has 2 aromatic heterocycles. The van der Waals surface area contributed by atoms with Crippen LogP contribution in [0.5, 0.6) is 0 Å². The predicted octanol–water partition coefficient (Wildman–Crippen LogP) is 2.91. The number of sulfonamides is 1. The molecule has 156 valence electrons. The molecule has 1 aromatic carbocycles. The zero-order valence-electron chi connectivity index (χ0n) is 17.0. The Bertz CT molecular complexity index is 1210. The Kier molecular flexibility index (Phi) is 5.45. The Morgan fingerprint density at radius 1 is 1.20 bits per heavy atom. The number of rotatable bonds is 5. The number of nitriles is 1. The molecule has 8 nitrogen and oxygen atoms in total. The van der Waals surface area contributed by atoms with Crippen LogP contribution in [0.3, 0.4) is 0 Å². The molecule has 0 spiro atoms. The highest BCUT2D eigenvalue weighted by atomic mass is 32.2. The number of fused-ring (bicyclic) bond motifs is 1. The summed E-state index contributed by atoms with van der Waals surface area (Å²) in [5.41, 5.74) is 1.52. The third-order valence-corrected chi connectivity index (χ3v) is 7.13. The highest BCUT2D eigenvalue weighted by Crippen LogP contribution is 2.27. The molecule has 1 saturated carbocycles. The molecule has 1 N–H and O–H groups in total. The highest BCUT2D eigenvalue weighted by molar-refractivity contribution is 7.88. The molecule has 30 heavy (non-hydrogen) atoms. The molecule has 0 aliphatic heterocycles. The number of hydrogen-bond donors (Lipinski definition) is 1. The fraction of sp³-hybridized carbons (Fsp3) is 0.381. The fourth-order valence-corrected chi connectivity index (χ4v) is 4.80. The van der Waals surface area contributed by atoms with Gasteiger partial charge in [0.15, 0.2) is 0 Å². The largest absolute Gasteiger partial charge is 0.351 e. The van der Waals surface area contributed by atoms with Crippen molar-refractivity contribution in [1.29, 1.82) is 5.26 Å². The van der Waals surface area contributed by atoms with E-state index in [-0.39, 0.29) is 12.1 Å². The summed E-state index contributed by atoms with van der Waals surface area (Å²) in [5.74, 6) is 1.22. The second-order valence-corrected chi connectivity index (χ2v) is 9.75. The molecule has 1 aliphatic rings. The molecule has 0 unspecified atom stereocenters. The summed E-state index contributed by atoms with van der Waals surface area (Å²) in [4.78, 5) is 9.01. The van der Waals surface area contributed by atoms with Crippen LogP contribution in [0.2, 0.25) is 0 Å². The monoisotopic (exact) mass is 424 g/mol. The first-order chi connectivity index (χ1) is 14.4. The fourth-order valence-electron chi connectivity index (χ4n) is 4.05. The number of benzene rings is 1. The van der Waals surface area contributed by atoms with Gasteiger partial charge in [-0.05, 0) is 37.8 Å². The third kappa shape index (κ3) is 4.01. The first-order valence-electron chi connectivity index (χ1n) is 9.90. The summed E-state index contributed by atoms with van der Waals surface area (Å²) >= 11 is 0. The predicted molar refractivity (Wildman–Crippen MR) is 116 cm³/mol. The zero-order valence-corrected chi connectivity index (χ0v) is 17.8. The van der Waals surface area contributed by atoms with Crippen molar-refractivity contribution in [2.75, 3.05) is 18.6 Å². The second kappa shape index (κ2) is 8.05. The van der Waals surface area contributed by atoms with Crippen molar-refractivity contribution in [2.24, 2.45) is 0 Å². The minimum Gasteiger partial charge on any atom is -0.351 e. The molecule has 9 heteroatoms. The van der Waals surface area contributed by atoms with Gasteiger partial charge in [0.05, 0.1) is 17.3 Å². The van der Waals surface area contributed by atoms with Crippen molar-refractivity contribution < 1.29 is 8.42 Å². The van der Waals surface area contributed by atoms with Gasteiger partial charge in [0.1, 0.15) is 11.9 Å². The Morgan fingerprint density at radius 2 is 1.93 bits per heavy atom. The van der Waals surface area contributed by atoms with Crippen LogP contribution in [-0.2, 0) is 10.0 Å². The molecular formula is C21H24N6O2S. The molecule has 0 bridgehead atoms. The van der Waals surface area contributed by atoms with Gasteiger partial charge in [-0.2, -0.15) is 10.2 Å². The van der Waals surface area contributed by atoms with Gasteiger partial charge in [-0.25, -0.2) is 17.7 Å². The van der Waals surface area contributed by atoms with Crippen LogP contribution in [0.4, 0.5) is 5.95 Å². The van der Waals surface area contributed by atoms with Gasteiger partial charge in [0, 0.05) is 36.9 Å². The molecule has 4 rings (SSSR count). The molecule has 1 aliphatic carbocycles. The maximum Gasteiger partial charge on any atom is 0.224 e. The normalized spacial score (nSPS) is 19.7. The SMILES string of the molecule is CN([C@H]1CC[C@H](Nc2nccc(-n3cc(C#N)c4ccccc43)n2)CC1)S(C)(=O)=O. The van der Waals surface area contributed by atoms with Crippen molar-refractivity contribution in [1.82, 2.24) is 18.8 Å². The number of para-hydroxylation sites is 1. The van der Waals surface area contributed by atoms with E-state index >= 15 is 0 Å². The van der Waals surface area contributed by atoms with E-state index in [9.17, 15) is 13.7 Å². The van der Waals surface area contributed by atoms with Gasteiger partial charge in [-0.15, -0.1) is 0 Å². The topological polar surface area (TPSA) is 104 Å². The number of nitrogens with one attached hydrogen (secondary N) is 1. The molecular weight excluding hydrogens is 400 g/mol. The smallest absolute Gasteiger partial charge is 0.224 e. The van der Waals surface area contributed by atoms with Crippen LogP contribution in [-0.4, -0.2) is 52.6 Å². The van der Waals surface area contributed by atoms with Gasteiger partial charge in [-0.3, -0.25) is 4.57 Å². The van der Waals surface area contributed by atoms with Crippen LogP contribution >= 0.6 is 0 Å². The number of nitrogens with zero attached hydrogens (tertiary/aromatic N) is 5. The van der Waals surface area contributed by atoms with Crippen LogP contribution in [0.15, 0.2) is 42.7 Å². The van der Waals surface area contributed by atoms with Gasteiger partial charge >= 0.3 is 0 Å². The van der Waals surface area contributed by atoms with Crippen LogP contribution in [0.25, 0.3) is 16.7 Å². The van der Waals surface area contributed by atoms with Crippen molar-refractivity contribution in [3.63, 3.8) is 0 Å². The van der Waals surface area contributed by atoms with Crippen molar-refractivity contribution >= 4 is 26.9 Å². The molecule has 0 amide bonds. The van der Waals surface area contributed by atoms with Crippen molar-refractivity contribution in [2.45, 2.75) is 37.8 Å². The number of aromatic nitrogens is 3. The van der Waals surface area contributed by atoms with E-state index in [1.54, 1.807) is 19.4 Å². The molecule has 0 atom stereocenters. The minimum atomic E-state index is -3.17. The van der Waals surface area contributed by atoms with E-state index < -0.39 is 10.0 Å². The van der Waals surface area contributed by atoms with E-state index in [4.69, 9.17) is 0 Å². The van der Waals surface area contributed by atoms with Crippen LogP contribution in [0.1, 0.15) is 31.2 Å². The minimum absolute atomic E-state index is 0.0425. The summed E-state index contributed by atoms with van der Waals surface area (Å²) in [5, 5.41) is 13.7. The second-order valence-electron chi connectivity index (χ2n) is 7.71. The average molecular weight is 425 g/mol. The van der Waals surface area contributed by atoms with Crippen molar-refractivity contribution in [3.05, 3.63) is 48.3 Å². The standard InChI is InChI=1S/C21H24N6O2S/c1-26(30(2,28)29)17-9-7-16(8-10-17)24-21-23-12-11-20(25-21)27-14-15(13-22)18-5-3-4-6-19(18)27/h3-6,11-12,14,16-17H,7-10H2,1-2H3,(H,23,24,25)/t16-,17-. The molecule has 0 radical (unpaired) electrons. The Balaban J connectivity index is 1.50. The van der Waals surface area contributed by atoms with E-state index in [0.717, 1.165) is 36.6 Å². The van der Waals surface area contributed by atoms with Crippen LogP contribution < -0.4 is 5.32 Å². The molecule has 0 saturated heterocycles. The third-order valence-electron chi connectivity index (χ3n) is 5.79. The Hall–Kier alpha value is -2.96. The van der Waals surface area contributed by atoms with Gasteiger partial charge < -0.3 is 5.32 Å². The molecule has 2 heterocycles. The molecule has 1 fully saturated rings. The van der Waals surface area contributed by atoms with E-state index in [0.29, 0.717) is 17.3 Å². The first kappa shape index (κ1) is 20.3. The van der Waals surface area contributed by atoms with Gasteiger partial charge in [0.25, 0.3) is 0 Å². The summed E-state index contributed by atoms with van der Waals surface area (Å²) in [6.07, 6.45) is 8.05. The quantitative estimate of drug-likeness (QED) is 0.675. The van der Waals surface area contributed by atoms with E-state index in [1.807, 2.05) is 34.9 Å². The summed E-state index contributed by atoms with van der Waals surface area (Å²) < 4.78 is 26.9. The maximum atomic E-state index is 11.8. The lowest BCUT2D eigenvalue weighted by Gasteiger charge is -2.33. The Morgan fingerprint density at radius 3 is 2.63 bits per heavy atom. The lowest BCUT2D eigenvalue weighted by molar-refractivity contribution is 0.276. The van der Waals surface area contributed by atoms with Crippen LogP contribution in [0, 0.1) is 11.3 Å². The Labute approximate surface area is 176 Å². The first-order valence-corrected chi connectivity index (χ1v) is 11.7. The molecule has 3 aromatic rings. The number of hydrogen-bond acceptors (Lipinski definition) is 6. The lowest BCUT2D eigenvalue weighted by atomic mass is 9.91. The zero-order chi connectivity index (χ0) is 21.3.